The van der Waals surface area contributed by atoms with Crippen molar-refractivity contribution in [2.24, 2.45) is 0 Å². The Balaban J connectivity index is 1.69. The lowest BCUT2D eigenvalue weighted by Gasteiger charge is -2.37. The van der Waals surface area contributed by atoms with Gasteiger partial charge in [-0.2, -0.15) is 0 Å². The predicted octanol–water partition coefficient (Wildman–Crippen LogP) is 4.60. The van der Waals surface area contributed by atoms with E-state index < -0.39 is 11.2 Å². The predicted molar refractivity (Wildman–Crippen MR) is 125 cm³/mol. The Morgan fingerprint density at radius 3 is 2.23 bits per heavy atom. The van der Waals surface area contributed by atoms with Crippen LogP contribution in [0, 0.1) is 0 Å². The summed E-state index contributed by atoms with van der Waals surface area (Å²) in [5.41, 5.74) is 3.30. The normalized spacial score (nSPS) is 13.0. The van der Waals surface area contributed by atoms with Crippen molar-refractivity contribution in [3.63, 3.8) is 0 Å². The minimum absolute atomic E-state index is 0.715. The fourth-order valence-electron chi connectivity index (χ4n) is 3.76. The highest BCUT2D eigenvalue weighted by Crippen LogP contribution is 2.31. The summed E-state index contributed by atoms with van der Waals surface area (Å²) >= 11 is 0. The maximum absolute atomic E-state index is 10.3. The number of benzene rings is 3. The van der Waals surface area contributed by atoms with Gasteiger partial charge < -0.3 is 9.76 Å². The fourth-order valence-corrected chi connectivity index (χ4v) is 3.76. The molecule has 0 saturated carbocycles. The second kappa shape index (κ2) is 6.56. The Morgan fingerprint density at radius 2 is 1.50 bits per heavy atom. The van der Waals surface area contributed by atoms with E-state index in [1.54, 1.807) is 21.3 Å². The van der Waals surface area contributed by atoms with Gasteiger partial charge in [0.2, 0.25) is 0 Å². The Labute approximate surface area is 176 Å². The van der Waals surface area contributed by atoms with E-state index >= 15 is 0 Å². The number of fused-ring (bicyclic) bond motifs is 8. The lowest BCUT2D eigenvalue weighted by atomic mass is 9.82. The van der Waals surface area contributed by atoms with Crippen LogP contribution in [-0.2, 0) is 4.65 Å². The van der Waals surface area contributed by atoms with Crippen molar-refractivity contribution in [2.45, 2.75) is 38.9 Å². The van der Waals surface area contributed by atoms with E-state index in [2.05, 4.69) is 59.0 Å². The van der Waals surface area contributed by atoms with Crippen LogP contribution >= 0.6 is 0 Å². The van der Waals surface area contributed by atoms with Crippen molar-refractivity contribution in [1.29, 1.82) is 0 Å². The molecule has 3 aromatic carbocycles. The highest BCUT2D eigenvalue weighted by Gasteiger charge is 2.35. The van der Waals surface area contributed by atoms with Crippen LogP contribution in [-0.4, -0.2) is 33.2 Å². The molecule has 0 amide bonds. The zero-order valence-electron chi connectivity index (χ0n) is 17.7. The van der Waals surface area contributed by atoms with Gasteiger partial charge in [0.25, 0.3) is 0 Å². The molecule has 0 bridgehead atoms. The van der Waals surface area contributed by atoms with Gasteiger partial charge in [0.1, 0.15) is 5.65 Å². The second-order valence-electron chi connectivity index (χ2n) is 8.89. The fraction of sp³-hybridized carbons (Fsp3) is 0.240. The monoisotopic (exact) mass is 395 g/mol. The summed E-state index contributed by atoms with van der Waals surface area (Å²) in [5, 5.41) is 13.9. The number of hydrogen-bond donors (Lipinski definition) is 1. The van der Waals surface area contributed by atoms with Crippen molar-refractivity contribution in [2.75, 3.05) is 0 Å². The van der Waals surface area contributed by atoms with E-state index in [-0.39, 0.29) is 0 Å². The first kappa shape index (κ1) is 19.1. The van der Waals surface area contributed by atoms with Crippen LogP contribution in [0.3, 0.4) is 0 Å². The first-order valence-corrected chi connectivity index (χ1v) is 10.2. The van der Waals surface area contributed by atoms with Gasteiger partial charge in [0, 0.05) is 10.8 Å². The van der Waals surface area contributed by atoms with Crippen LogP contribution < -0.4 is 5.46 Å². The summed E-state index contributed by atoms with van der Waals surface area (Å²) < 4.78 is 8.17. The third-order valence-electron chi connectivity index (χ3n) is 6.24. The number of hydrogen-bond acceptors (Lipinski definition) is 3. The molecule has 0 saturated heterocycles. The quantitative estimate of drug-likeness (QED) is 0.357. The molecule has 30 heavy (non-hydrogen) atoms. The third kappa shape index (κ3) is 2.89. The molecule has 5 rings (SSSR count). The van der Waals surface area contributed by atoms with E-state index in [0.29, 0.717) is 0 Å². The van der Waals surface area contributed by atoms with Crippen LogP contribution in [0.25, 0.3) is 38.4 Å². The summed E-state index contributed by atoms with van der Waals surface area (Å²) in [6.45, 7) is 7.27. The smallest absolute Gasteiger partial charge is 0.330 e. The second-order valence-corrected chi connectivity index (χ2v) is 8.89. The zero-order valence-corrected chi connectivity index (χ0v) is 17.7. The van der Waals surface area contributed by atoms with Crippen LogP contribution in [0.5, 0.6) is 0 Å². The Kier molecular flexibility index (Phi) is 4.18. The number of aliphatic hydroxyl groups is 1. The maximum Gasteiger partial charge on any atom is 0.330 e. The molecule has 1 radical (unpaired) electrons. The van der Waals surface area contributed by atoms with Gasteiger partial charge >= 0.3 is 7.48 Å². The molecule has 1 N–H and O–H groups in total. The average Bonchev–Trinajstić information content (AvgIpc) is 3.11. The van der Waals surface area contributed by atoms with Gasteiger partial charge in [-0.15, -0.1) is 0 Å². The molecule has 0 spiro atoms. The average molecular weight is 395 g/mol. The Hall–Kier alpha value is -2.89. The molecule has 0 aliphatic rings. The molecule has 0 aliphatic carbocycles. The van der Waals surface area contributed by atoms with Gasteiger partial charge in [-0.25, -0.2) is 4.98 Å². The van der Waals surface area contributed by atoms with Crippen molar-refractivity contribution in [3.05, 3.63) is 66.7 Å². The van der Waals surface area contributed by atoms with Crippen LogP contribution in [0.1, 0.15) is 27.7 Å². The number of pyridine rings is 1. The number of imidazole rings is 1. The molecule has 5 aromatic rings. The first-order valence-electron chi connectivity index (χ1n) is 10.2. The molecule has 2 aromatic heterocycles. The molecular weight excluding hydrogens is 371 g/mol. The molecule has 149 valence electrons. The number of nitrogens with zero attached hydrogens (tertiary/aromatic N) is 2. The van der Waals surface area contributed by atoms with E-state index in [0.717, 1.165) is 33.0 Å². The molecule has 4 nitrogen and oxygen atoms in total. The van der Waals surface area contributed by atoms with Gasteiger partial charge in [0.05, 0.1) is 27.8 Å². The van der Waals surface area contributed by atoms with Gasteiger partial charge in [-0.3, -0.25) is 4.40 Å². The van der Waals surface area contributed by atoms with Crippen molar-refractivity contribution in [1.82, 2.24) is 9.38 Å². The zero-order chi connectivity index (χ0) is 21.1. The molecule has 0 fully saturated rings. The highest BCUT2D eigenvalue weighted by molar-refractivity contribution is 6.47. The van der Waals surface area contributed by atoms with Crippen molar-refractivity contribution in [3.8, 4) is 0 Å². The SMILES string of the molecule is CC(C)(O)C(C)(C)O[B]c1ccc2c(c1)nc1c3ccccc3c3ccccc3n21. The number of para-hydroxylation sites is 1. The van der Waals surface area contributed by atoms with Gasteiger partial charge in [-0.1, -0.05) is 54.0 Å². The minimum Gasteiger partial charge on any atom is -0.427 e. The van der Waals surface area contributed by atoms with Gasteiger partial charge in [-0.05, 0) is 51.3 Å². The lowest BCUT2D eigenvalue weighted by Crippen LogP contribution is -2.49. The third-order valence-corrected chi connectivity index (χ3v) is 6.24. The Bertz CT molecular complexity index is 1410. The molecule has 2 heterocycles. The summed E-state index contributed by atoms with van der Waals surface area (Å²) in [4.78, 5) is 4.99. The van der Waals surface area contributed by atoms with Crippen LogP contribution in [0.2, 0.25) is 0 Å². The topological polar surface area (TPSA) is 46.8 Å². The summed E-state index contributed by atoms with van der Waals surface area (Å²) in [5.74, 6) is 0. The summed E-state index contributed by atoms with van der Waals surface area (Å²) in [7, 11) is 1.71. The number of rotatable bonds is 4. The largest absolute Gasteiger partial charge is 0.427 e. The minimum atomic E-state index is -0.964. The Morgan fingerprint density at radius 1 is 0.833 bits per heavy atom. The standard InChI is InChI=1S/C25H24BN2O2/c1-24(2,29)25(3,4)30-26-16-13-14-22-20(15-16)27-23-19-11-6-5-9-17(19)18-10-7-8-12-21(18)28(22)23/h5-15,29H,1-4H3. The molecule has 0 aliphatic heterocycles. The van der Waals surface area contributed by atoms with Gasteiger partial charge in [0.15, 0.2) is 0 Å². The summed E-state index contributed by atoms with van der Waals surface area (Å²) in [6, 6.07) is 23.0. The molecule has 0 atom stereocenters. The van der Waals surface area contributed by atoms with Crippen LogP contribution in [0.15, 0.2) is 66.7 Å². The molecule has 0 unspecified atom stereocenters. The number of aromatic nitrogens is 2. The molecular formula is C25H24BN2O2. The van der Waals surface area contributed by atoms with Crippen LogP contribution in [0.4, 0.5) is 0 Å². The van der Waals surface area contributed by atoms with E-state index in [9.17, 15) is 5.11 Å². The molecule has 5 heteroatoms. The lowest BCUT2D eigenvalue weighted by molar-refractivity contribution is -0.0893. The summed E-state index contributed by atoms with van der Waals surface area (Å²) in [6.07, 6.45) is 0. The van der Waals surface area contributed by atoms with Crippen molar-refractivity contribution >= 4 is 51.3 Å². The maximum atomic E-state index is 10.3. The van der Waals surface area contributed by atoms with E-state index in [4.69, 9.17) is 9.64 Å². The highest BCUT2D eigenvalue weighted by atomic mass is 16.5. The van der Waals surface area contributed by atoms with Crippen molar-refractivity contribution < 1.29 is 9.76 Å². The van der Waals surface area contributed by atoms with E-state index in [1.807, 2.05) is 26.0 Å². The van der Waals surface area contributed by atoms with E-state index in [1.165, 1.54) is 10.8 Å². The first-order chi connectivity index (χ1) is 14.3.